The number of hydrogen-bond donors (Lipinski definition) is 0. The lowest BCUT2D eigenvalue weighted by atomic mass is 9.90. The molecule has 2 heterocycles. The number of carbonyl (C=O) groups excluding carboxylic acids is 2. The van der Waals surface area contributed by atoms with Crippen molar-refractivity contribution in [2.24, 2.45) is 5.92 Å². The molecule has 2 amide bonds. The van der Waals surface area contributed by atoms with E-state index in [-0.39, 0.29) is 11.6 Å². The van der Waals surface area contributed by atoms with Gasteiger partial charge in [-0.3, -0.25) is 24.5 Å². The zero-order valence-electron chi connectivity index (χ0n) is 18.0. The van der Waals surface area contributed by atoms with Crippen LogP contribution in [0.25, 0.3) is 0 Å². The van der Waals surface area contributed by atoms with Gasteiger partial charge in [-0.05, 0) is 37.1 Å². The average molecular weight is 443 g/mol. The van der Waals surface area contributed by atoms with Crippen LogP contribution in [0.2, 0.25) is 0 Å². The van der Waals surface area contributed by atoms with Gasteiger partial charge in [0.2, 0.25) is 5.91 Å². The average Bonchev–Trinajstić information content (AvgIpc) is 3.31. The molecule has 0 saturated carbocycles. The smallest absolute Gasteiger partial charge is 0.271 e. The Morgan fingerprint density at radius 2 is 1.64 bits per heavy atom. The molecule has 0 aromatic heterocycles. The number of nitro benzene ring substituents is 1. The summed E-state index contributed by atoms with van der Waals surface area (Å²) >= 11 is 0. The number of benzene rings is 3. The number of hydroxylamine groups is 1. The van der Waals surface area contributed by atoms with Gasteiger partial charge < -0.3 is 0 Å². The molecule has 2 aliphatic rings. The number of imide groups is 1. The molecular formula is C25H21N3O5. The van der Waals surface area contributed by atoms with Crippen LogP contribution in [0.1, 0.15) is 22.7 Å². The van der Waals surface area contributed by atoms with Crippen molar-refractivity contribution < 1.29 is 19.3 Å². The first-order valence-corrected chi connectivity index (χ1v) is 10.6. The maximum atomic E-state index is 13.6. The number of amides is 2. The second-order valence-electron chi connectivity index (χ2n) is 8.31. The molecule has 0 radical (unpaired) electrons. The molecule has 0 unspecified atom stereocenters. The number of fused-ring (bicyclic) bond motifs is 1. The van der Waals surface area contributed by atoms with Gasteiger partial charge in [0, 0.05) is 12.1 Å². The van der Waals surface area contributed by atoms with Gasteiger partial charge in [0.05, 0.1) is 22.3 Å². The molecule has 3 aromatic carbocycles. The van der Waals surface area contributed by atoms with Crippen LogP contribution in [0.3, 0.4) is 0 Å². The van der Waals surface area contributed by atoms with Crippen molar-refractivity contribution in [2.75, 3.05) is 9.96 Å². The van der Waals surface area contributed by atoms with Gasteiger partial charge in [-0.2, -0.15) is 0 Å². The van der Waals surface area contributed by atoms with Crippen LogP contribution < -0.4 is 9.96 Å². The highest BCUT2D eigenvalue weighted by molar-refractivity contribution is 6.24. The van der Waals surface area contributed by atoms with E-state index in [1.54, 1.807) is 24.3 Å². The van der Waals surface area contributed by atoms with Crippen molar-refractivity contribution in [2.45, 2.75) is 26.0 Å². The first-order chi connectivity index (χ1) is 15.9. The number of anilines is 2. The topological polar surface area (TPSA) is 93.0 Å². The van der Waals surface area contributed by atoms with Gasteiger partial charge in [0.15, 0.2) is 6.10 Å². The molecule has 0 aliphatic carbocycles. The molecule has 0 spiro atoms. The second kappa shape index (κ2) is 7.83. The molecule has 5 rings (SSSR count). The molecule has 3 aromatic rings. The van der Waals surface area contributed by atoms with Crippen LogP contribution in [0, 0.1) is 29.9 Å². The van der Waals surface area contributed by atoms with E-state index in [4.69, 9.17) is 4.84 Å². The zero-order chi connectivity index (χ0) is 23.3. The number of rotatable bonds is 4. The van der Waals surface area contributed by atoms with Crippen molar-refractivity contribution in [1.82, 2.24) is 0 Å². The maximum Gasteiger partial charge on any atom is 0.271 e. The predicted molar refractivity (Wildman–Crippen MR) is 122 cm³/mol. The van der Waals surface area contributed by atoms with Crippen molar-refractivity contribution in [1.29, 1.82) is 0 Å². The third kappa shape index (κ3) is 3.35. The predicted octanol–water partition coefficient (Wildman–Crippen LogP) is 4.26. The molecule has 2 aliphatic heterocycles. The number of non-ortho nitro benzene ring substituents is 1. The van der Waals surface area contributed by atoms with E-state index in [9.17, 15) is 19.7 Å². The summed E-state index contributed by atoms with van der Waals surface area (Å²) in [5.41, 5.74) is 3.48. The summed E-state index contributed by atoms with van der Waals surface area (Å²) in [6.07, 6.45) is -1.03. The van der Waals surface area contributed by atoms with E-state index < -0.39 is 28.9 Å². The van der Waals surface area contributed by atoms with E-state index in [2.05, 4.69) is 0 Å². The van der Waals surface area contributed by atoms with Crippen molar-refractivity contribution in [3.63, 3.8) is 0 Å². The van der Waals surface area contributed by atoms with E-state index in [0.717, 1.165) is 16.7 Å². The summed E-state index contributed by atoms with van der Waals surface area (Å²) in [5, 5.41) is 12.8. The Kier molecular flexibility index (Phi) is 4.94. The molecule has 8 nitrogen and oxygen atoms in total. The standard InChI is InChI=1S/C25H21N3O5/c1-15-10-12-17(13-11-15)22-21-23(33-27(22)18-7-5-8-19(14-18)28(31)32)25(30)26(24(21)29)20-9-4-3-6-16(20)2/h3-14,21-23H,1-2H3/t21-,22-,23+/m1/s1. The molecule has 3 atom stereocenters. The molecule has 2 fully saturated rings. The fraction of sp³-hybridized carbons (Fsp3) is 0.200. The fourth-order valence-corrected chi connectivity index (χ4v) is 4.54. The second-order valence-corrected chi connectivity index (χ2v) is 8.31. The summed E-state index contributed by atoms with van der Waals surface area (Å²) in [6.45, 7) is 3.80. The van der Waals surface area contributed by atoms with Crippen LogP contribution in [0.4, 0.5) is 17.1 Å². The molecule has 2 saturated heterocycles. The largest absolute Gasteiger partial charge is 0.273 e. The zero-order valence-corrected chi connectivity index (χ0v) is 18.0. The Morgan fingerprint density at radius 3 is 2.33 bits per heavy atom. The Labute approximate surface area is 190 Å². The number of hydrogen-bond acceptors (Lipinski definition) is 6. The summed E-state index contributed by atoms with van der Waals surface area (Å²) in [6, 6.07) is 20.2. The van der Waals surface area contributed by atoms with Crippen molar-refractivity contribution in [3.8, 4) is 0 Å². The van der Waals surface area contributed by atoms with Crippen LogP contribution in [-0.4, -0.2) is 22.8 Å². The number of carbonyl (C=O) groups is 2. The van der Waals surface area contributed by atoms with Crippen LogP contribution >= 0.6 is 0 Å². The van der Waals surface area contributed by atoms with Gasteiger partial charge in [-0.15, -0.1) is 0 Å². The summed E-state index contributed by atoms with van der Waals surface area (Å²) in [4.78, 5) is 45.1. The van der Waals surface area contributed by atoms with Crippen molar-refractivity contribution in [3.05, 3.63) is 99.6 Å². The summed E-state index contributed by atoms with van der Waals surface area (Å²) in [5.74, 6) is -1.58. The van der Waals surface area contributed by atoms with E-state index in [1.807, 2.05) is 50.2 Å². The minimum Gasteiger partial charge on any atom is -0.273 e. The number of aryl methyl sites for hydroxylation is 2. The lowest BCUT2D eigenvalue weighted by Crippen LogP contribution is -2.37. The third-order valence-electron chi connectivity index (χ3n) is 6.19. The SMILES string of the molecule is Cc1ccc([C@@H]2[C@H]3C(=O)N(c4ccccc4C)C(=O)[C@H]3ON2c2cccc([N+](=O)[O-])c2)cc1. The molecule has 0 N–H and O–H groups in total. The van der Waals surface area contributed by atoms with Gasteiger partial charge in [-0.25, -0.2) is 9.96 Å². The monoisotopic (exact) mass is 443 g/mol. The van der Waals surface area contributed by atoms with Gasteiger partial charge in [-0.1, -0.05) is 54.1 Å². The van der Waals surface area contributed by atoms with Crippen LogP contribution in [-0.2, 0) is 14.4 Å². The van der Waals surface area contributed by atoms with E-state index in [0.29, 0.717) is 11.4 Å². The summed E-state index contributed by atoms with van der Waals surface area (Å²) < 4.78 is 0. The quantitative estimate of drug-likeness (QED) is 0.340. The normalized spacial score (nSPS) is 22.1. The van der Waals surface area contributed by atoms with Crippen LogP contribution in [0.15, 0.2) is 72.8 Å². The van der Waals surface area contributed by atoms with E-state index >= 15 is 0 Å². The highest BCUT2D eigenvalue weighted by Gasteiger charge is 2.60. The van der Waals surface area contributed by atoms with Crippen LogP contribution in [0.5, 0.6) is 0 Å². The highest BCUT2D eigenvalue weighted by Crippen LogP contribution is 2.48. The lowest BCUT2D eigenvalue weighted by Gasteiger charge is -2.29. The van der Waals surface area contributed by atoms with Gasteiger partial charge in [0.1, 0.15) is 5.92 Å². The van der Waals surface area contributed by atoms with Gasteiger partial charge in [0.25, 0.3) is 11.6 Å². The Morgan fingerprint density at radius 1 is 0.909 bits per heavy atom. The lowest BCUT2D eigenvalue weighted by molar-refractivity contribution is -0.384. The molecular weight excluding hydrogens is 422 g/mol. The van der Waals surface area contributed by atoms with E-state index in [1.165, 1.54) is 22.1 Å². The molecule has 8 heteroatoms. The third-order valence-corrected chi connectivity index (χ3v) is 6.19. The maximum absolute atomic E-state index is 13.6. The number of nitrogens with zero attached hydrogens (tertiary/aromatic N) is 3. The Hall–Kier alpha value is -4.04. The number of nitro groups is 1. The molecule has 0 bridgehead atoms. The first kappa shape index (κ1) is 20.8. The first-order valence-electron chi connectivity index (χ1n) is 10.6. The van der Waals surface area contributed by atoms with Gasteiger partial charge >= 0.3 is 0 Å². The minimum absolute atomic E-state index is 0.102. The number of para-hydroxylation sites is 1. The fourth-order valence-electron chi connectivity index (χ4n) is 4.54. The summed E-state index contributed by atoms with van der Waals surface area (Å²) in [7, 11) is 0. The molecule has 166 valence electrons. The Bertz CT molecular complexity index is 1270. The highest BCUT2D eigenvalue weighted by atomic mass is 16.7. The Balaban J connectivity index is 1.61. The van der Waals surface area contributed by atoms with Crippen molar-refractivity contribution >= 4 is 28.9 Å². The molecule has 33 heavy (non-hydrogen) atoms. The minimum atomic E-state index is -1.03.